The van der Waals surface area contributed by atoms with Gasteiger partial charge in [-0.15, -0.1) is 0 Å². The molecular weight excluding hydrogens is 262 g/mol. The Bertz CT molecular complexity index is 611. The SMILES string of the molecule is CCC(Nc1ccc(C(=O)NC)cc1N)c1ccccc1. The first-order valence-electron chi connectivity index (χ1n) is 7.08. The van der Waals surface area contributed by atoms with E-state index in [2.05, 4.69) is 29.7 Å². The van der Waals surface area contributed by atoms with Gasteiger partial charge in [-0.25, -0.2) is 0 Å². The predicted molar refractivity (Wildman–Crippen MR) is 87.3 cm³/mol. The van der Waals surface area contributed by atoms with Crippen molar-refractivity contribution in [2.75, 3.05) is 18.1 Å². The van der Waals surface area contributed by atoms with E-state index in [1.165, 1.54) is 5.56 Å². The van der Waals surface area contributed by atoms with Gasteiger partial charge in [0.2, 0.25) is 0 Å². The second-order valence-corrected chi connectivity index (χ2v) is 4.90. The predicted octanol–water partition coefficient (Wildman–Crippen LogP) is 3.19. The second kappa shape index (κ2) is 6.79. The van der Waals surface area contributed by atoms with Crippen LogP contribution in [0.3, 0.4) is 0 Å². The van der Waals surface area contributed by atoms with Gasteiger partial charge in [-0.2, -0.15) is 0 Å². The molecule has 0 aliphatic carbocycles. The quantitative estimate of drug-likeness (QED) is 0.738. The smallest absolute Gasteiger partial charge is 0.251 e. The molecule has 4 N–H and O–H groups in total. The van der Waals surface area contributed by atoms with Crippen LogP contribution in [0.15, 0.2) is 48.5 Å². The van der Waals surface area contributed by atoms with Gasteiger partial charge in [-0.05, 0) is 30.2 Å². The maximum atomic E-state index is 11.6. The Morgan fingerprint density at radius 3 is 2.48 bits per heavy atom. The van der Waals surface area contributed by atoms with E-state index in [1.54, 1.807) is 19.2 Å². The molecule has 0 bridgehead atoms. The minimum Gasteiger partial charge on any atom is -0.397 e. The van der Waals surface area contributed by atoms with Crippen molar-refractivity contribution in [2.24, 2.45) is 0 Å². The third-order valence-corrected chi connectivity index (χ3v) is 3.48. The summed E-state index contributed by atoms with van der Waals surface area (Å²) in [4.78, 5) is 11.6. The van der Waals surface area contributed by atoms with Crippen LogP contribution in [0, 0.1) is 0 Å². The van der Waals surface area contributed by atoms with E-state index in [0.717, 1.165) is 12.1 Å². The molecule has 110 valence electrons. The van der Waals surface area contributed by atoms with E-state index >= 15 is 0 Å². The third-order valence-electron chi connectivity index (χ3n) is 3.48. The van der Waals surface area contributed by atoms with E-state index in [4.69, 9.17) is 5.73 Å². The van der Waals surface area contributed by atoms with Gasteiger partial charge in [-0.3, -0.25) is 4.79 Å². The highest BCUT2D eigenvalue weighted by Gasteiger charge is 2.12. The number of benzene rings is 2. The second-order valence-electron chi connectivity index (χ2n) is 4.90. The molecule has 0 aliphatic heterocycles. The number of amides is 1. The van der Waals surface area contributed by atoms with E-state index in [9.17, 15) is 4.79 Å². The average Bonchev–Trinajstić information content (AvgIpc) is 2.53. The van der Waals surface area contributed by atoms with E-state index in [1.807, 2.05) is 24.3 Å². The van der Waals surface area contributed by atoms with Crippen molar-refractivity contribution >= 4 is 17.3 Å². The summed E-state index contributed by atoms with van der Waals surface area (Å²) < 4.78 is 0. The van der Waals surface area contributed by atoms with Crippen LogP contribution in [0.5, 0.6) is 0 Å². The molecule has 2 aromatic rings. The first-order chi connectivity index (χ1) is 10.2. The number of nitrogens with two attached hydrogens (primary N) is 1. The molecule has 21 heavy (non-hydrogen) atoms. The van der Waals surface area contributed by atoms with Crippen molar-refractivity contribution in [3.63, 3.8) is 0 Å². The van der Waals surface area contributed by atoms with Crippen molar-refractivity contribution in [3.8, 4) is 0 Å². The minimum atomic E-state index is -0.136. The molecule has 0 saturated heterocycles. The van der Waals surface area contributed by atoms with Gasteiger partial charge in [0.15, 0.2) is 0 Å². The van der Waals surface area contributed by atoms with Crippen LogP contribution in [0.4, 0.5) is 11.4 Å². The largest absolute Gasteiger partial charge is 0.397 e. The first kappa shape index (κ1) is 14.9. The van der Waals surface area contributed by atoms with Crippen LogP contribution in [0.1, 0.15) is 35.3 Å². The number of nitrogens with one attached hydrogen (secondary N) is 2. The van der Waals surface area contributed by atoms with E-state index in [-0.39, 0.29) is 11.9 Å². The number of rotatable bonds is 5. The fraction of sp³-hybridized carbons (Fsp3) is 0.235. The Kier molecular flexibility index (Phi) is 4.82. The summed E-state index contributed by atoms with van der Waals surface area (Å²) in [6, 6.07) is 15.8. The zero-order valence-electron chi connectivity index (χ0n) is 12.4. The first-order valence-corrected chi connectivity index (χ1v) is 7.08. The summed E-state index contributed by atoms with van der Waals surface area (Å²) in [6.07, 6.45) is 0.945. The molecule has 0 saturated carbocycles. The molecule has 0 aliphatic rings. The molecule has 0 fully saturated rings. The maximum Gasteiger partial charge on any atom is 0.251 e. The lowest BCUT2D eigenvalue weighted by Crippen LogP contribution is -2.18. The van der Waals surface area contributed by atoms with Crippen LogP contribution < -0.4 is 16.4 Å². The van der Waals surface area contributed by atoms with Crippen molar-refractivity contribution in [2.45, 2.75) is 19.4 Å². The monoisotopic (exact) mass is 283 g/mol. The molecule has 0 spiro atoms. The normalized spacial score (nSPS) is 11.7. The molecule has 4 nitrogen and oxygen atoms in total. The minimum absolute atomic E-state index is 0.136. The molecule has 1 unspecified atom stereocenters. The molecule has 0 heterocycles. The van der Waals surface area contributed by atoms with Crippen LogP contribution in [0.25, 0.3) is 0 Å². The highest BCUT2D eigenvalue weighted by molar-refractivity contribution is 5.95. The topological polar surface area (TPSA) is 67.2 Å². The number of hydrogen-bond donors (Lipinski definition) is 3. The van der Waals surface area contributed by atoms with Crippen molar-refractivity contribution < 1.29 is 4.79 Å². The van der Waals surface area contributed by atoms with Crippen LogP contribution in [-0.2, 0) is 0 Å². The lowest BCUT2D eigenvalue weighted by molar-refractivity contribution is 0.0963. The third kappa shape index (κ3) is 3.54. The Hall–Kier alpha value is -2.49. The average molecular weight is 283 g/mol. The standard InChI is InChI=1S/C17H21N3O/c1-3-15(12-7-5-4-6-8-12)20-16-10-9-13(11-14(16)18)17(21)19-2/h4-11,15,20H,3,18H2,1-2H3,(H,19,21). The number of carbonyl (C=O) groups excluding carboxylic acids is 1. The lowest BCUT2D eigenvalue weighted by atomic mass is 10.0. The highest BCUT2D eigenvalue weighted by Crippen LogP contribution is 2.27. The van der Waals surface area contributed by atoms with Gasteiger partial charge < -0.3 is 16.4 Å². The van der Waals surface area contributed by atoms with Gasteiger partial charge in [0.25, 0.3) is 5.91 Å². The molecule has 2 aromatic carbocycles. The van der Waals surface area contributed by atoms with Crippen molar-refractivity contribution in [1.29, 1.82) is 0 Å². The number of hydrogen-bond acceptors (Lipinski definition) is 3. The number of carbonyl (C=O) groups is 1. The van der Waals surface area contributed by atoms with Gasteiger partial charge in [0.1, 0.15) is 0 Å². The summed E-state index contributed by atoms with van der Waals surface area (Å²) >= 11 is 0. The van der Waals surface area contributed by atoms with Gasteiger partial charge in [0, 0.05) is 12.6 Å². The highest BCUT2D eigenvalue weighted by atomic mass is 16.1. The summed E-state index contributed by atoms with van der Waals surface area (Å²) in [5, 5.41) is 6.03. The Morgan fingerprint density at radius 1 is 1.19 bits per heavy atom. The Balaban J connectivity index is 2.20. The summed E-state index contributed by atoms with van der Waals surface area (Å²) in [7, 11) is 1.60. The molecule has 2 rings (SSSR count). The van der Waals surface area contributed by atoms with Crippen molar-refractivity contribution in [3.05, 3.63) is 59.7 Å². The van der Waals surface area contributed by atoms with Gasteiger partial charge in [-0.1, -0.05) is 37.3 Å². The summed E-state index contributed by atoms with van der Waals surface area (Å²) in [5.41, 5.74) is 9.25. The fourth-order valence-corrected chi connectivity index (χ4v) is 2.27. The summed E-state index contributed by atoms with van der Waals surface area (Å²) in [6.45, 7) is 2.12. The molecule has 1 amide bonds. The van der Waals surface area contributed by atoms with Crippen molar-refractivity contribution in [1.82, 2.24) is 5.32 Å². The van der Waals surface area contributed by atoms with Crippen LogP contribution in [0.2, 0.25) is 0 Å². The van der Waals surface area contributed by atoms with Gasteiger partial charge in [0.05, 0.1) is 17.4 Å². The molecule has 0 aromatic heterocycles. The molecule has 4 heteroatoms. The lowest BCUT2D eigenvalue weighted by Gasteiger charge is -2.20. The molecule has 0 radical (unpaired) electrons. The Morgan fingerprint density at radius 2 is 1.90 bits per heavy atom. The van der Waals surface area contributed by atoms with E-state index < -0.39 is 0 Å². The number of anilines is 2. The van der Waals surface area contributed by atoms with E-state index in [0.29, 0.717) is 11.3 Å². The zero-order valence-corrected chi connectivity index (χ0v) is 12.4. The Labute approximate surface area is 125 Å². The molecular formula is C17H21N3O. The van der Waals surface area contributed by atoms with Crippen LogP contribution in [-0.4, -0.2) is 13.0 Å². The fourth-order valence-electron chi connectivity index (χ4n) is 2.27. The molecule has 1 atom stereocenters. The maximum absolute atomic E-state index is 11.6. The number of nitrogen functional groups attached to an aromatic ring is 1. The summed E-state index contributed by atoms with van der Waals surface area (Å²) in [5.74, 6) is -0.136. The zero-order chi connectivity index (χ0) is 15.2. The van der Waals surface area contributed by atoms with Gasteiger partial charge >= 0.3 is 0 Å². The van der Waals surface area contributed by atoms with Crippen LogP contribution >= 0.6 is 0 Å².